The molecule has 0 aliphatic heterocycles. The second-order valence-electron chi connectivity index (χ2n) is 4.35. The fourth-order valence-electron chi connectivity index (χ4n) is 2.16. The quantitative estimate of drug-likeness (QED) is 0.558. The summed E-state index contributed by atoms with van der Waals surface area (Å²) in [6, 6.07) is -0.0457. The molecule has 0 spiro atoms. The van der Waals surface area contributed by atoms with Crippen LogP contribution in [0.4, 0.5) is 11.6 Å². The fourth-order valence-corrected chi connectivity index (χ4v) is 2.16. The predicted octanol–water partition coefficient (Wildman–Crippen LogP) is 1.55. The van der Waals surface area contributed by atoms with Gasteiger partial charge in [-0.15, -0.1) is 0 Å². The van der Waals surface area contributed by atoms with Gasteiger partial charge in [-0.2, -0.15) is 0 Å². The van der Waals surface area contributed by atoms with Crippen LogP contribution in [0.3, 0.4) is 0 Å². The molecule has 0 saturated carbocycles. The summed E-state index contributed by atoms with van der Waals surface area (Å²) in [5, 5.41) is 7.19. The minimum absolute atomic E-state index is 0.0457. The molecule has 2 heterocycles. The van der Waals surface area contributed by atoms with Crippen LogP contribution in [0, 0.1) is 13.8 Å². The van der Waals surface area contributed by atoms with Gasteiger partial charge in [-0.05, 0) is 20.8 Å². The van der Waals surface area contributed by atoms with E-state index in [4.69, 9.17) is 15.1 Å². The Labute approximate surface area is 116 Å². The van der Waals surface area contributed by atoms with Gasteiger partial charge in [0.25, 0.3) is 0 Å². The molecule has 108 valence electrons. The molecule has 2 aromatic rings. The van der Waals surface area contributed by atoms with E-state index in [0.29, 0.717) is 17.4 Å². The number of aryl methyl sites for hydroxylation is 2. The summed E-state index contributed by atoms with van der Waals surface area (Å²) in [4.78, 5) is 8.16. The maximum absolute atomic E-state index is 5.40. The molecule has 0 aliphatic carbocycles. The summed E-state index contributed by atoms with van der Waals surface area (Å²) in [5.74, 6) is 7.58. The molecule has 4 N–H and O–H groups in total. The topological polar surface area (TPSA) is 111 Å². The summed E-state index contributed by atoms with van der Waals surface area (Å²) in [5.41, 5.74) is 4.30. The first-order chi connectivity index (χ1) is 9.58. The molecular formula is C12H18N6O2. The molecule has 0 aliphatic rings. The average Bonchev–Trinajstić information content (AvgIpc) is 2.77. The highest BCUT2D eigenvalue weighted by molar-refractivity contribution is 5.63. The molecule has 2 aromatic heterocycles. The summed E-state index contributed by atoms with van der Waals surface area (Å²) < 4.78 is 10.4. The second-order valence-corrected chi connectivity index (χ2v) is 4.35. The first-order valence-corrected chi connectivity index (χ1v) is 6.13. The first-order valence-electron chi connectivity index (χ1n) is 6.13. The lowest BCUT2D eigenvalue weighted by Gasteiger charge is -2.17. The number of nitrogens with one attached hydrogen (secondary N) is 2. The van der Waals surface area contributed by atoms with Crippen molar-refractivity contribution in [3.63, 3.8) is 0 Å². The lowest BCUT2D eigenvalue weighted by Crippen LogP contribution is -2.14. The SMILES string of the molecule is COc1c(NN)ncnc1NC(C)c1c(C)noc1C. The van der Waals surface area contributed by atoms with E-state index >= 15 is 0 Å². The number of nitrogen functional groups attached to an aromatic ring is 1. The van der Waals surface area contributed by atoms with Gasteiger partial charge in [-0.25, -0.2) is 15.8 Å². The van der Waals surface area contributed by atoms with E-state index < -0.39 is 0 Å². The number of ether oxygens (including phenoxy) is 1. The van der Waals surface area contributed by atoms with E-state index in [1.807, 2.05) is 20.8 Å². The van der Waals surface area contributed by atoms with Gasteiger partial charge in [0, 0.05) is 5.56 Å². The van der Waals surface area contributed by atoms with Crippen LogP contribution in [-0.2, 0) is 0 Å². The minimum Gasteiger partial charge on any atom is -0.490 e. The molecule has 0 aromatic carbocycles. The smallest absolute Gasteiger partial charge is 0.205 e. The number of hydrogen-bond donors (Lipinski definition) is 3. The van der Waals surface area contributed by atoms with Crippen LogP contribution in [0.1, 0.15) is 30.0 Å². The van der Waals surface area contributed by atoms with Crippen molar-refractivity contribution in [2.75, 3.05) is 17.9 Å². The van der Waals surface area contributed by atoms with Crippen molar-refractivity contribution >= 4 is 11.6 Å². The monoisotopic (exact) mass is 278 g/mol. The van der Waals surface area contributed by atoms with Crippen molar-refractivity contribution < 1.29 is 9.26 Å². The molecule has 0 radical (unpaired) electrons. The summed E-state index contributed by atoms with van der Waals surface area (Å²) >= 11 is 0. The van der Waals surface area contributed by atoms with Gasteiger partial charge in [0.1, 0.15) is 12.1 Å². The number of hydrazine groups is 1. The van der Waals surface area contributed by atoms with Crippen molar-refractivity contribution in [3.8, 4) is 5.75 Å². The third-order valence-corrected chi connectivity index (χ3v) is 3.02. The normalized spacial score (nSPS) is 12.1. The molecular weight excluding hydrogens is 260 g/mol. The molecule has 0 saturated heterocycles. The Balaban J connectivity index is 2.30. The summed E-state index contributed by atoms with van der Waals surface area (Å²) in [6.45, 7) is 5.76. The lowest BCUT2D eigenvalue weighted by molar-refractivity contribution is 0.391. The number of anilines is 2. The van der Waals surface area contributed by atoms with Crippen molar-refractivity contribution in [2.24, 2.45) is 5.84 Å². The number of rotatable bonds is 5. The van der Waals surface area contributed by atoms with Crippen LogP contribution in [0.5, 0.6) is 5.75 Å². The summed E-state index contributed by atoms with van der Waals surface area (Å²) in [7, 11) is 1.53. The zero-order valence-corrected chi connectivity index (χ0v) is 11.9. The van der Waals surface area contributed by atoms with Gasteiger partial charge in [0.05, 0.1) is 18.8 Å². The zero-order chi connectivity index (χ0) is 14.7. The Bertz CT molecular complexity index is 578. The highest BCUT2D eigenvalue weighted by atomic mass is 16.5. The van der Waals surface area contributed by atoms with Crippen molar-refractivity contribution in [1.29, 1.82) is 0 Å². The van der Waals surface area contributed by atoms with Gasteiger partial charge in [0.2, 0.25) is 5.75 Å². The Morgan fingerprint density at radius 1 is 1.30 bits per heavy atom. The molecule has 0 bridgehead atoms. The van der Waals surface area contributed by atoms with E-state index in [0.717, 1.165) is 17.0 Å². The van der Waals surface area contributed by atoms with Gasteiger partial charge in [0.15, 0.2) is 11.6 Å². The van der Waals surface area contributed by atoms with Crippen LogP contribution < -0.4 is 21.3 Å². The molecule has 8 heteroatoms. The minimum atomic E-state index is -0.0457. The standard InChI is InChI=1S/C12H18N6O2/c1-6(9-7(2)18-20-8(9)3)16-11-10(19-4)12(17-13)15-5-14-11/h5-6H,13H2,1-4H3,(H2,14,15,16,17). The van der Waals surface area contributed by atoms with Crippen LogP contribution in [0.2, 0.25) is 0 Å². The van der Waals surface area contributed by atoms with E-state index in [9.17, 15) is 0 Å². The van der Waals surface area contributed by atoms with E-state index in [1.165, 1.54) is 13.4 Å². The molecule has 1 atom stereocenters. The predicted molar refractivity (Wildman–Crippen MR) is 74.4 cm³/mol. The molecule has 0 fully saturated rings. The number of aromatic nitrogens is 3. The highest BCUT2D eigenvalue weighted by Gasteiger charge is 2.19. The molecule has 2 rings (SSSR count). The van der Waals surface area contributed by atoms with Gasteiger partial charge in [-0.1, -0.05) is 5.16 Å². The van der Waals surface area contributed by atoms with Gasteiger partial charge in [-0.3, -0.25) is 0 Å². The highest BCUT2D eigenvalue weighted by Crippen LogP contribution is 2.32. The van der Waals surface area contributed by atoms with Crippen molar-refractivity contribution in [2.45, 2.75) is 26.8 Å². The Morgan fingerprint density at radius 3 is 2.55 bits per heavy atom. The first kappa shape index (κ1) is 14.1. The zero-order valence-electron chi connectivity index (χ0n) is 11.9. The van der Waals surface area contributed by atoms with Crippen LogP contribution in [0.15, 0.2) is 10.9 Å². The largest absolute Gasteiger partial charge is 0.490 e. The Morgan fingerprint density at radius 2 is 2.00 bits per heavy atom. The van der Waals surface area contributed by atoms with Crippen LogP contribution in [0.25, 0.3) is 0 Å². The molecule has 0 amide bonds. The number of nitrogens with two attached hydrogens (primary N) is 1. The molecule has 8 nitrogen and oxygen atoms in total. The van der Waals surface area contributed by atoms with Gasteiger partial charge >= 0.3 is 0 Å². The lowest BCUT2D eigenvalue weighted by atomic mass is 10.1. The van der Waals surface area contributed by atoms with Crippen molar-refractivity contribution in [3.05, 3.63) is 23.3 Å². The maximum Gasteiger partial charge on any atom is 0.205 e. The van der Waals surface area contributed by atoms with E-state index in [-0.39, 0.29) is 6.04 Å². The molecule has 1 unspecified atom stereocenters. The Hall–Kier alpha value is -2.35. The van der Waals surface area contributed by atoms with Crippen LogP contribution >= 0.6 is 0 Å². The third-order valence-electron chi connectivity index (χ3n) is 3.02. The average molecular weight is 278 g/mol. The van der Waals surface area contributed by atoms with Gasteiger partial charge < -0.3 is 20.0 Å². The molecule has 20 heavy (non-hydrogen) atoms. The number of hydrogen-bond acceptors (Lipinski definition) is 8. The van der Waals surface area contributed by atoms with Crippen molar-refractivity contribution in [1.82, 2.24) is 15.1 Å². The maximum atomic E-state index is 5.40. The Kier molecular flexibility index (Phi) is 4.04. The summed E-state index contributed by atoms with van der Waals surface area (Å²) in [6.07, 6.45) is 1.40. The number of nitrogens with zero attached hydrogens (tertiary/aromatic N) is 3. The van der Waals surface area contributed by atoms with Crippen LogP contribution in [-0.4, -0.2) is 22.2 Å². The number of methoxy groups -OCH3 is 1. The van der Waals surface area contributed by atoms with E-state index in [1.54, 1.807) is 0 Å². The van der Waals surface area contributed by atoms with E-state index in [2.05, 4.69) is 25.9 Å². The second kappa shape index (κ2) is 5.74. The fraction of sp³-hybridized carbons (Fsp3) is 0.417. The third kappa shape index (κ3) is 2.50.